The summed E-state index contributed by atoms with van der Waals surface area (Å²) in [5.41, 5.74) is 1.39. The van der Waals surface area contributed by atoms with E-state index >= 15 is 0 Å². The first-order valence-electron chi connectivity index (χ1n) is 7.01. The summed E-state index contributed by atoms with van der Waals surface area (Å²) in [5, 5.41) is 12.8. The summed E-state index contributed by atoms with van der Waals surface area (Å²) in [4.78, 5) is 18.3. The van der Waals surface area contributed by atoms with Crippen molar-refractivity contribution in [3.05, 3.63) is 35.7 Å². The number of carbonyl (C=O) groups excluding carboxylic acids is 1. The zero-order chi connectivity index (χ0) is 14.8. The number of nitrogens with zero attached hydrogens (tertiary/aromatic N) is 3. The molecule has 1 aliphatic carbocycles. The van der Waals surface area contributed by atoms with Crippen LogP contribution in [0.3, 0.4) is 0 Å². The third kappa shape index (κ3) is 2.95. The van der Waals surface area contributed by atoms with Crippen LogP contribution in [0.15, 0.2) is 28.8 Å². The van der Waals surface area contributed by atoms with Crippen molar-refractivity contribution in [2.45, 2.75) is 25.8 Å². The van der Waals surface area contributed by atoms with Crippen LogP contribution in [0.4, 0.5) is 0 Å². The Balaban J connectivity index is 1.78. The molecule has 0 bridgehead atoms. The minimum Gasteiger partial charge on any atom is -0.395 e. The number of aliphatic hydroxyl groups excluding tert-OH is 1. The predicted octanol–water partition coefficient (Wildman–Crippen LogP) is 1.64. The van der Waals surface area contributed by atoms with Crippen LogP contribution in [0.25, 0.3) is 11.5 Å². The molecule has 6 heteroatoms. The molecule has 21 heavy (non-hydrogen) atoms. The van der Waals surface area contributed by atoms with Gasteiger partial charge >= 0.3 is 0 Å². The van der Waals surface area contributed by atoms with E-state index < -0.39 is 0 Å². The first-order chi connectivity index (χ1) is 10.2. The van der Waals surface area contributed by atoms with E-state index in [2.05, 4.69) is 10.1 Å². The molecule has 3 rings (SSSR count). The summed E-state index contributed by atoms with van der Waals surface area (Å²) in [6, 6.07) is 7.38. The van der Waals surface area contributed by atoms with Crippen LogP contribution in [0.5, 0.6) is 0 Å². The van der Waals surface area contributed by atoms with E-state index in [-0.39, 0.29) is 18.6 Å². The number of hydrogen-bond acceptors (Lipinski definition) is 5. The second-order valence-electron chi connectivity index (χ2n) is 5.18. The van der Waals surface area contributed by atoms with Gasteiger partial charge in [0, 0.05) is 23.7 Å². The summed E-state index contributed by atoms with van der Waals surface area (Å²) in [7, 11) is 0. The summed E-state index contributed by atoms with van der Waals surface area (Å²) < 4.78 is 5.10. The Morgan fingerprint density at radius 1 is 1.38 bits per heavy atom. The standard InChI is InChI=1S/C15H17N3O3/c1-10-16-14(21-17-10)11-2-4-12(5-3-11)15(20)18(8-9-19)13-6-7-13/h2-5,13,19H,6-9H2,1H3. The van der Waals surface area contributed by atoms with Crippen LogP contribution >= 0.6 is 0 Å². The molecule has 1 saturated carbocycles. The molecular formula is C15H17N3O3. The Kier molecular flexibility index (Phi) is 3.70. The van der Waals surface area contributed by atoms with E-state index in [1.165, 1.54) is 0 Å². The van der Waals surface area contributed by atoms with Gasteiger partial charge in [-0.15, -0.1) is 0 Å². The second-order valence-corrected chi connectivity index (χ2v) is 5.18. The van der Waals surface area contributed by atoms with Crippen molar-refractivity contribution in [1.82, 2.24) is 15.0 Å². The number of benzene rings is 1. The maximum absolute atomic E-state index is 12.4. The minimum absolute atomic E-state index is 0.0123. The van der Waals surface area contributed by atoms with Gasteiger partial charge in [0.2, 0.25) is 0 Å². The highest BCUT2D eigenvalue weighted by Crippen LogP contribution is 2.28. The molecular weight excluding hydrogens is 270 g/mol. The van der Waals surface area contributed by atoms with Gasteiger partial charge < -0.3 is 14.5 Å². The van der Waals surface area contributed by atoms with E-state index in [1.54, 1.807) is 36.1 Å². The molecule has 0 unspecified atom stereocenters. The largest absolute Gasteiger partial charge is 0.395 e. The highest BCUT2D eigenvalue weighted by atomic mass is 16.5. The second kappa shape index (κ2) is 5.65. The molecule has 110 valence electrons. The molecule has 0 aliphatic heterocycles. The monoisotopic (exact) mass is 287 g/mol. The zero-order valence-electron chi connectivity index (χ0n) is 11.8. The van der Waals surface area contributed by atoms with Crippen molar-refractivity contribution in [3.63, 3.8) is 0 Å². The van der Waals surface area contributed by atoms with Crippen LogP contribution in [-0.4, -0.2) is 45.2 Å². The number of amides is 1. The molecule has 1 aromatic heterocycles. The molecule has 1 heterocycles. The van der Waals surface area contributed by atoms with Gasteiger partial charge in [0.15, 0.2) is 5.82 Å². The van der Waals surface area contributed by atoms with E-state index in [0.29, 0.717) is 23.8 Å². The van der Waals surface area contributed by atoms with Gasteiger partial charge in [-0.3, -0.25) is 4.79 Å². The fourth-order valence-corrected chi connectivity index (χ4v) is 2.28. The maximum Gasteiger partial charge on any atom is 0.257 e. The average molecular weight is 287 g/mol. The Morgan fingerprint density at radius 3 is 2.62 bits per heavy atom. The van der Waals surface area contributed by atoms with Crippen LogP contribution in [-0.2, 0) is 0 Å². The van der Waals surface area contributed by atoms with Gasteiger partial charge in [-0.05, 0) is 44.0 Å². The highest BCUT2D eigenvalue weighted by molar-refractivity contribution is 5.95. The van der Waals surface area contributed by atoms with Crippen molar-refractivity contribution in [1.29, 1.82) is 0 Å². The number of rotatable bonds is 5. The first kappa shape index (κ1) is 13.8. The molecule has 1 N–H and O–H groups in total. The van der Waals surface area contributed by atoms with E-state index in [1.807, 2.05) is 0 Å². The third-order valence-electron chi connectivity index (χ3n) is 3.50. The lowest BCUT2D eigenvalue weighted by atomic mass is 10.1. The number of aryl methyl sites for hydroxylation is 1. The van der Waals surface area contributed by atoms with Crippen molar-refractivity contribution in [3.8, 4) is 11.5 Å². The maximum atomic E-state index is 12.4. The molecule has 2 aromatic rings. The van der Waals surface area contributed by atoms with Crippen molar-refractivity contribution >= 4 is 5.91 Å². The fourth-order valence-electron chi connectivity index (χ4n) is 2.28. The molecule has 1 fully saturated rings. The number of aliphatic hydroxyl groups is 1. The van der Waals surface area contributed by atoms with Crippen LogP contribution < -0.4 is 0 Å². The Bertz CT molecular complexity index is 632. The van der Waals surface area contributed by atoms with Crippen molar-refractivity contribution < 1.29 is 14.4 Å². The predicted molar refractivity (Wildman–Crippen MR) is 75.6 cm³/mol. The third-order valence-corrected chi connectivity index (χ3v) is 3.50. The van der Waals surface area contributed by atoms with Crippen molar-refractivity contribution in [2.75, 3.05) is 13.2 Å². The molecule has 0 spiro atoms. The quantitative estimate of drug-likeness (QED) is 0.904. The summed E-state index contributed by atoms with van der Waals surface area (Å²) in [6.07, 6.45) is 2.04. The summed E-state index contributed by atoms with van der Waals surface area (Å²) >= 11 is 0. The van der Waals surface area contributed by atoms with E-state index in [9.17, 15) is 4.79 Å². The molecule has 1 amide bonds. The van der Waals surface area contributed by atoms with Gasteiger partial charge in [0.05, 0.1) is 6.61 Å². The van der Waals surface area contributed by atoms with E-state index in [0.717, 1.165) is 18.4 Å². The molecule has 0 saturated heterocycles. The minimum atomic E-state index is -0.0418. The highest BCUT2D eigenvalue weighted by Gasteiger charge is 2.32. The smallest absolute Gasteiger partial charge is 0.257 e. The number of carbonyl (C=O) groups is 1. The Hall–Kier alpha value is -2.21. The first-order valence-corrected chi connectivity index (χ1v) is 7.01. The van der Waals surface area contributed by atoms with E-state index in [4.69, 9.17) is 9.63 Å². The number of aromatic nitrogens is 2. The van der Waals surface area contributed by atoms with Crippen LogP contribution in [0.2, 0.25) is 0 Å². The normalized spacial score (nSPS) is 14.2. The lowest BCUT2D eigenvalue weighted by Gasteiger charge is -2.21. The zero-order valence-corrected chi connectivity index (χ0v) is 11.8. The number of hydrogen-bond donors (Lipinski definition) is 1. The molecule has 6 nitrogen and oxygen atoms in total. The lowest BCUT2D eigenvalue weighted by Crippen LogP contribution is -2.35. The average Bonchev–Trinajstić information content (AvgIpc) is 3.25. The molecule has 1 aromatic carbocycles. The van der Waals surface area contributed by atoms with Crippen LogP contribution in [0.1, 0.15) is 29.0 Å². The Labute approximate surface area is 122 Å². The Morgan fingerprint density at radius 2 is 2.10 bits per heavy atom. The lowest BCUT2D eigenvalue weighted by molar-refractivity contribution is 0.0707. The van der Waals surface area contributed by atoms with Gasteiger partial charge in [0.25, 0.3) is 11.8 Å². The van der Waals surface area contributed by atoms with Gasteiger partial charge in [0.1, 0.15) is 0 Å². The molecule has 0 atom stereocenters. The summed E-state index contributed by atoms with van der Waals surface area (Å²) in [6.45, 7) is 2.13. The van der Waals surface area contributed by atoms with Crippen molar-refractivity contribution in [2.24, 2.45) is 0 Å². The van der Waals surface area contributed by atoms with Gasteiger partial charge in [-0.25, -0.2) is 0 Å². The molecule has 1 aliphatic rings. The fraction of sp³-hybridized carbons (Fsp3) is 0.400. The van der Waals surface area contributed by atoms with Gasteiger partial charge in [-0.2, -0.15) is 4.98 Å². The topological polar surface area (TPSA) is 79.5 Å². The summed E-state index contributed by atoms with van der Waals surface area (Å²) in [5.74, 6) is 0.980. The van der Waals surface area contributed by atoms with Crippen LogP contribution in [0, 0.1) is 6.92 Å². The molecule has 0 radical (unpaired) electrons. The van der Waals surface area contributed by atoms with Gasteiger partial charge in [-0.1, -0.05) is 5.16 Å². The SMILES string of the molecule is Cc1noc(-c2ccc(C(=O)N(CCO)C3CC3)cc2)n1.